The number of rotatable bonds is 5. The number of benzene rings is 2. The first-order valence-electron chi connectivity index (χ1n) is 8.75. The zero-order valence-electron chi connectivity index (χ0n) is 15.1. The van der Waals surface area contributed by atoms with Gasteiger partial charge in [0.1, 0.15) is 0 Å². The smallest absolute Gasteiger partial charge is 0.308 e. The Hall–Kier alpha value is -2.27. The van der Waals surface area contributed by atoms with E-state index in [0.717, 1.165) is 11.3 Å². The number of likely N-dealkylation sites (tertiary alicyclic amines) is 1. The van der Waals surface area contributed by atoms with Crippen LogP contribution in [-0.2, 0) is 10.5 Å². The molecular formula is C21H23NO3S. The van der Waals surface area contributed by atoms with Crippen molar-refractivity contribution in [1.82, 2.24) is 4.90 Å². The number of thioether (sulfide) groups is 1. The van der Waals surface area contributed by atoms with Gasteiger partial charge in [-0.2, -0.15) is 0 Å². The monoisotopic (exact) mass is 369 g/mol. The van der Waals surface area contributed by atoms with Crippen molar-refractivity contribution in [3.63, 3.8) is 0 Å². The van der Waals surface area contributed by atoms with Crippen molar-refractivity contribution in [3.05, 3.63) is 64.7 Å². The lowest BCUT2D eigenvalue weighted by atomic mass is 10.1. The highest BCUT2D eigenvalue weighted by atomic mass is 32.2. The van der Waals surface area contributed by atoms with Gasteiger partial charge in [0.2, 0.25) is 0 Å². The van der Waals surface area contributed by atoms with Crippen molar-refractivity contribution in [2.45, 2.75) is 30.9 Å². The third-order valence-corrected chi connectivity index (χ3v) is 5.97. The minimum atomic E-state index is -0.820. The Labute approximate surface area is 158 Å². The molecule has 5 heteroatoms. The van der Waals surface area contributed by atoms with Gasteiger partial charge in [-0.25, -0.2) is 0 Å². The minimum absolute atomic E-state index is 0.0765. The van der Waals surface area contributed by atoms with Crippen LogP contribution in [0.5, 0.6) is 0 Å². The molecule has 0 saturated carbocycles. The average Bonchev–Trinajstić information content (AvgIpc) is 3.12. The molecule has 1 aliphatic heterocycles. The van der Waals surface area contributed by atoms with Crippen molar-refractivity contribution in [2.75, 3.05) is 13.1 Å². The van der Waals surface area contributed by atoms with E-state index in [2.05, 4.69) is 32.0 Å². The van der Waals surface area contributed by atoms with Crippen LogP contribution >= 0.6 is 11.8 Å². The lowest BCUT2D eigenvalue weighted by Crippen LogP contribution is -2.29. The summed E-state index contributed by atoms with van der Waals surface area (Å²) in [6.07, 6.45) is 0.531. The van der Waals surface area contributed by atoms with E-state index in [0.29, 0.717) is 25.1 Å². The van der Waals surface area contributed by atoms with E-state index < -0.39 is 11.9 Å². The van der Waals surface area contributed by atoms with Crippen LogP contribution in [0.1, 0.15) is 33.5 Å². The number of carboxylic acid groups (broad SMARTS) is 1. The highest BCUT2D eigenvalue weighted by Gasteiger charge is 2.31. The molecule has 26 heavy (non-hydrogen) atoms. The van der Waals surface area contributed by atoms with E-state index in [1.807, 2.05) is 24.3 Å². The van der Waals surface area contributed by atoms with E-state index in [-0.39, 0.29) is 5.91 Å². The predicted molar refractivity (Wildman–Crippen MR) is 104 cm³/mol. The van der Waals surface area contributed by atoms with E-state index >= 15 is 0 Å². The first-order chi connectivity index (χ1) is 12.4. The Morgan fingerprint density at radius 3 is 2.73 bits per heavy atom. The zero-order chi connectivity index (χ0) is 18.7. The van der Waals surface area contributed by atoms with Gasteiger partial charge in [0.25, 0.3) is 5.91 Å². The standard InChI is InChI=1S/C21H23NO3S/c1-14-6-7-15(2)19(10-14)26-13-16-4-3-5-17(11-16)20(23)22-9-8-18(12-22)21(24)25/h3-7,10-11,18H,8-9,12-13H2,1-2H3,(H,24,25). The normalized spacial score (nSPS) is 16.7. The Kier molecular flexibility index (Phi) is 5.67. The van der Waals surface area contributed by atoms with Gasteiger partial charge in [-0.3, -0.25) is 9.59 Å². The largest absolute Gasteiger partial charge is 0.481 e. The van der Waals surface area contributed by atoms with Crippen molar-refractivity contribution < 1.29 is 14.7 Å². The summed E-state index contributed by atoms with van der Waals surface area (Å²) in [5, 5.41) is 9.11. The summed E-state index contributed by atoms with van der Waals surface area (Å²) < 4.78 is 0. The molecule has 1 unspecified atom stereocenters. The molecule has 0 aliphatic carbocycles. The van der Waals surface area contributed by atoms with E-state index in [1.54, 1.807) is 16.7 Å². The number of carbonyl (C=O) groups excluding carboxylic acids is 1. The molecule has 1 fully saturated rings. The third-order valence-electron chi connectivity index (χ3n) is 4.74. The van der Waals surface area contributed by atoms with Gasteiger partial charge < -0.3 is 10.0 Å². The summed E-state index contributed by atoms with van der Waals surface area (Å²) in [5.41, 5.74) is 4.22. The number of carboxylic acids is 1. The van der Waals surface area contributed by atoms with E-state index in [1.165, 1.54) is 16.0 Å². The van der Waals surface area contributed by atoms with E-state index in [9.17, 15) is 9.59 Å². The summed E-state index contributed by atoms with van der Waals surface area (Å²) in [4.78, 5) is 26.7. The number of aliphatic carboxylic acids is 1. The lowest BCUT2D eigenvalue weighted by molar-refractivity contribution is -0.141. The van der Waals surface area contributed by atoms with Gasteiger partial charge in [-0.15, -0.1) is 11.8 Å². The van der Waals surface area contributed by atoms with Crippen molar-refractivity contribution >= 4 is 23.6 Å². The molecule has 1 aliphatic rings. The number of aryl methyl sites for hydroxylation is 2. The maximum Gasteiger partial charge on any atom is 0.308 e. The van der Waals surface area contributed by atoms with Gasteiger partial charge in [0, 0.05) is 29.3 Å². The number of carbonyl (C=O) groups is 2. The molecular weight excluding hydrogens is 346 g/mol. The highest BCUT2D eigenvalue weighted by molar-refractivity contribution is 7.98. The molecule has 1 amide bonds. The first kappa shape index (κ1) is 18.5. The molecule has 0 bridgehead atoms. The highest BCUT2D eigenvalue weighted by Crippen LogP contribution is 2.27. The fourth-order valence-corrected chi connectivity index (χ4v) is 4.21. The Bertz CT molecular complexity index is 834. The van der Waals surface area contributed by atoms with Crippen LogP contribution in [0, 0.1) is 19.8 Å². The number of hydrogen-bond donors (Lipinski definition) is 1. The summed E-state index contributed by atoms with van der Waals surface area (Å²) in [6, 6.07) is 14.1. The van der Waals surface area contributed by atoms with Crippen LogP contribution in [0.4, 0.5) is 0 Å². The summed E-state index contributed by atoms with van der Waals surface area (Å²) >= 11 is 1.77. The summed E-state index contributed by atoms with van der Waals surface area (Å²) in [6.45, 7) is 5.00. The fourth-order valence-electron chi connectivity index (χ4n) is 3.15. The molecule has 3 rings (SSSR count). The quantitative estimate of drug-likeness (QED) is 0.805. The van der Waals surface area contributed by atoms with E-state index in [4.69, 9.17) is 5.11 Å². The van der Waals surface area contributed by atoms with Crippen molar-refractivity contribution in [2.24, 2.45) is 5.92 Å². The van der Waals surface area contributed by atoms with Crippen LogP contribution in [0.15, 0.2) is 47.4 Å². The SMILES string of the molecule is Cc1ccc(C)c(SCc2cccc(C(=O)N3CCC(C(=O)O)C3)c2)c1. The van der Waals surface area contributed by atoms with Crippen LogP contribution in [0.2, 0.25) is 0 Å². The molecule has 0 aromatic heterocycles. The molecule has 136 valence electrons. The molecule has 4 nitrogen and oxygen atoms in total. The number of nitrogens with zero attached hydrogens (tertiary/aromatic N) is 1. The van der Waals surface area contributed by atoms with Crippen molar-refractivity contribution in [1.29, 1.82) is 0 Å². The van der Waals surface area contributed by atoms with Gasteiger partial charge >= 0.3 is 5.97 Å². The van der Waals surface area contributed by atoms with Crippen LogP contribution < -0.4 is 0 Å². The topological polar surface area (TPSA) is 57.6 Å². The number of amides is 1. The Balaban J connectivity index is 1.67. The first-order valence-corrected chi connectivity index (χ1v) is 9.73. The number of hydrogen-bond acceptors (Lipinski definition) is 3. The second-order valence-electron chi connectivity index (χ2n) is 6.83. The molecule has 1 atom stereocenters. The molecule has 1 N–H and O–H groups in total. The fraction of sp³-hybridized carbons (Fsp3) is 0.333. The molecule has 0 radical (unpaired) electrons. The Morgan fingerprint density at radius 2 is 2.00 bits per heavy atom. The third kappa shape index (κ3) is 4.28. The van der Waals surface area contributed by atoms with Crippen LogP contribution in [0.3, 0.4) is 0 Å². The van der Waals surface area contributed by atoms with Crippen LogP contribution in [-0.4, -0.2) is 35.0 Å². The van der Waals surface area contributed by atoms with Gasteiger partial charge in [-0.05, 0) is 49.6 Å². The minimum Gasteiger partial charge on any atom is -0.481 e. The van der Waals surface area contributed by atoms with Gasteiger partial charge in [0.05, 0.1) is 5.92 Å². The Morgan fingerprint density at radius 1 is 1.19 bits per heavy atom. The summed E-state index contributed by atoms with van der Waals surface area (Å²) in [7, 11) is 0. The lowest BCUT2D eigenvalue weighted by Gasteiger charge is -2.16. The van der Waals surface area contributed by atoms with Gasteiger partial charge in [-0.1, -0.05) is 29.8 Å². The molecule has 1 saturated heterocycles. The predicted octanol–water partition coefficient (Wildman–Crippen LogP) is 4.14. The molecule has 1 heterocycles. The second kappa shape index (κ2) is 7.96. The summed E-state index contributed by atoms with van der Waals surface area (Å²) in [5.74, 6) is -0.545. The van der Waals surface area contributed by atoms with Crippen LogP contribution in [0.25, 0.3) is 0 Å². The maximum atomic E-state index is 12.7. The van der Waals surface area contributed by atoms with Crippen molar-refractivity contribution in [3.8, 4) is 0 Å². The molecule has 2 aromatic carbocycles. The molecule has 2 aromatic rings. The van der Waals surface area contributed by atoms with Gasteiger partial charge in [0.15, 0.2) is 0 Å². The molecule has 0 spiro atoms. The zero-order valence-corrected chi connectivity index (χ0v) is 15.9. The average molecular weight is 369 g/mol. The maximum absolute atomic E-state index is 12.7. The second-order valence-corrected chi connectivity index (χ2v) is 7.85.